The van der Waals surface area contributed by atoms with Gasteiger partial charge in [-0.15, -0.1) is 0 Å². The van der Waals surface area contributed by atoms with Crippen LogP contribution < -0.4 is 11.4 Å². The fourth-order valence-electron chi connectivity index (χ4n) is 4.54. The van der Waals surface area contributed by atoms with Gasteiger partial charge in [-0.05, 0) is 22.8 Å². The summed E-state index contributed by atoms with van der Waals surface area (Å²) in [5, 5.41) is 21.3. The van der Waals surface area contributed by atoms with Gasteiger partial charge in [0.05, 0.1) is 24.2 Å². The minimum Gasteiger partial charge on any atom is -0.394 e. The van der Waals surface area contributed by atoms with E-state index in [1.165, 1.54) is 16.8 Å². The smallest absolute Gasteiger partial charge is 0.349 e. The van der Waals surface area contributed by atoms with Gasteiger partial charge >= 0.3 is 5.69 Å². The highest BCUT2D eigenvalue weighted by Gasteiger charge is 2.48. The summed E-state index contributed by atoms with van der Waals surface area (Å²) in [5.41, 5.74) is 6.70. The maximum atomic E-state index is 13.0. The quantitative estimate of drug-likeness (QED) is 0.394. The Morgan fingerprint density at radius 3 is 1.62 bits per heavy atom. The van der Waals surface area contributed by atoms with Crippen molar-refractivity contribution < 1.29 is 10.2 Å². The molecule has 32 heavy (non-hydrogen) atoms. The van der Waals surface area contributed by atoms with Crippen LogP contribution in [0.3, 0.4) is 0 Å². The van der Waals surface area contributed by atoms with Crippen LogP contribution in [0.15, 0.2) is 108 Å². The van der Waals surface area contributed by atoms with Crippen molar-refractivity contribution in [3.63, 3.8) is 0 Å². The zero-order valence-corrected chi connectivity index (χ0v) is 17.5. The summed E-state index contributed by atoms with van der Waals surface area (Å²) in [6.45, 7) is -0.546. The number of nitrogen functional groups attached to an aromatic ring is 1. The minimum absolute atomic E-state index is 0.0909. The average molecular weight is 428 g/mol. The van der Waals surface area contributed by atoms with Crippen LogP contribution in [0.5, 0.6) is 0 Å². The van der Waals surface area contributed by atoms with E-state index in [-0.39, 0.29) is 5.82 Å². The molecule has 0 saturated carbocycles. The number of aliphatic hydroxyl groups is 2. The normalized spacial score (nSPS) is 13.4. The number of benzene rings is 3. The summed E-state index contributed by atoms with van der Waals surface area (Å²) < 4.78 is 1.37. The zero-order valence-electron chi connectivity index (χ0n) is 17.5. The second-order valence-corrected chi connectivity index (χ2v) is 7.64. The molecule has 6 heteroatoms. The zero-order chi connectivity index (χ0) is 22.6. The molecule has 2 unspecified atom stereocenters. The standard InChI is InChI=1S/C26H25N3O3/c27-23-16-17-29(25(32)28-23)24(22(31)18-30)26(19-10-4-1-5-11-19,20-12-6-2-7-13-20)21-14-8-3-9-15-21/h1-17,22,24,30-31H,18H2,(H2,27,28,32). The van der Waals surface area contributed by atoms with Gasteiger partial charge in [0.2, 0.25) is 0 Å². The summed E-state index contributed by atoms with van der Waals surface area (Å²) >= 11 is 0. The third kappa shape index (κ3) is 3.70. The van der Waals surface area contributed by atoms with Gasteiger partial charge in [0.25, 0.3) is 0 Å². The fraction of sp³-hybridized carbons (Fsp3) is 0.154. The first kappa shape index (κ1) is 21.5. The number of hydrogen-bond acceptors (Lipinski definition) is 5. The summed E-state index contributed by atoms with van der Waals surface area (Å²) in [7, 11) is 0. The SMILES string of the molecule is Nc1ccn(C(C(O)CO)C(c2ccccc2)(c2ccccc2)c2ccccc2)c(=O)n1. The third-order valence-corrected chi connectivity index (χ3v) is 5.83. The van der Waals surface area contributed by atoms with E-state index in [1.807, 2.05) is 91.0 Å². The highest BCUT2D eigenvalue weighted by atomic mass is 16.3. The first-order valence-electron chi connectivity index (χ1n) is 10.4. The van der Waals surface area contributed by atoms with Crippen molar-refractivity contribution in [2.24, 2.45) is 0 Å². The van der Waals surface area contributed by atoms with E-state index in [1.54, 1.807) is 0 Å². The molecule has 4 rings (SSSR count). The van der Waals surface area contributed by atoms with E-state index in [4.69, 9.17) is 5.73 Å². The van der Waals surface area contributed by atoms with Gasteiger partial charge < -0.3 is 15.9 Å². The number of rotatable bonds is 7. The van der Waals surface area contributed by atoms with Crippen LogP contribution in [0.1, 0.15) is 22.7 Å². The van der Waals surface area contributed by atoms with E-state index in [0.29, 0.717) is 0 Å². The molecule has 0 aliphatic carbocycles. The van der Waals surface area contributed by atoms with Gasteiger partial charge in [-0.3, -0.25) is 4.57 Å². The van der Waals surface area contributed by atoms with E-state index >= 15 is 0 Å². The lowest BCUT2D eigenvalue weighted by Gasteiger charge is -2.45. The van der Waals surface area contributed by atoms with Crippen LogP contribution in [0.4, 0.5) is 5.82 Å². The molecule has 0 radical (unpaired) electrons. The number of hydrogen-bond donors (Lipinski definition) is 3. The highest BCUT2D eigenvalue weighted by Crippen LogP contribution is 2.48. The van der Waals surface area contributed by atoms with Crippen LogP contribution in [-0.2, 0) is 5.41 Å². The molecular weight excluding hydrogens is 402 g/mol. The Labute approximate surface area is 186 Å². The van der Waals surface area contributed by atoms with Crippen molar-refractivity contribution in [3.05, 3.63) is 130 Å². The molecule has 0 bridgehead atoms. The Bertz CT molecular complexity index is 1110. The fourth-order valence-corrected chi connectivity index (χ4v) is 4.54. The summed E-state index contributed by atoms with van der Waals surface area (Å²) in [6.07, 6.45) is 0.247. The Morgan fingerprint density at radius 1 is 0.812 bits per heavy atom. The minimum atomic E-state index is -1.28. The van der Waals surface area contributed by atoms with E-state index in [2.05, 4.69) is 4.98 Å². The molecule has 3 aromatic carbocycles. The molecule has 4 N–H and O–H groups in total. The predicted octanol–water partition coefficient (Wildman–Crippen LogP) is 2.75. The molecule has 6 nitrogen and oxygen atoms in total. The Balaban J connectivity index is 2.17. The van der Waals surface area contributed by atoms with Gasteiger partial charge in [0.15, 0.2) is 0 Å². The van der Waals surface area contributed by atoms with Gasteiger partial charge in [0.1, 0.15) is 5.82 Å². The van der Waals surface area contributed by atoms with Crippen molar-refractivity contribution in [1.29, 1.82) is 0 Å². The van der Waals surface area contributed by atoms with E-state index < -0.39 is 29.9 Å². The maximum Gasteiger partial charge on any atom is 0.349 e. The maximum absolute atomic E-state index is 13.0. The molecule has 4 aromatic rings. The predicted molar refractivity (Wildman–Crippen MR) is 124 cm³/mol. The van der Waals surface area contributed by atoms with Crippen LogP contribution in [0, 0.1) is 0 Å². The van der Waals surface area contributed by atoms with Crippen LogP contribution in [0.2, 0.25) is 0 Å². The lowest BCUT2D eigenvalue weighted by Crippen LogP contribution is -2.49. The number of nitrogens with two attached hydrogens (primary N) is 1. The molecule has 0 aliphatic heterocycles. The van der Waals surface area contributed by atoms with Crippen LogP contribution in [0.25, 0.3) is 0 Å². The summed E-state index contributed by atoms with van der Waals surface area (Å²) in [5.74, 6) is 0.0909. The van der Waals surface area contributed by atoms with Gasteiger partial charge in [-0.2, -0.15) is 4.98 Å². The van der Waals surface area contributed by atoms with Crippen molar-refractivity contribution in [2.75, 3.05) is 12.3 Å². The van der Waals surface area contributed by atoms with Crippen molar-refractivity contribution in [1.82, 2.24) is 9.55 Å². The molecule has 1 heterocycles. The van der Waals surface area contributed by atoms with Crippen molar-refractivity contribution in [2.45, 2.75) is 17.6 Å². The molecule has 1 aromatic heterocycles. The first-order valence-corrected chi connectivity index (χ1v) is 10.4. The molecule has 0 amide bonds. The van der Waals surface area contributed by atoms with Crippen LogP contribution in [-0.4, -0.2) is 32.5 Å². The van der Waals surface area contributed by atoms with Crippen LogP contribution >= 0.6 is 0 Å². The lowest BCUT2D eigenvalue weighted by molar-refractivity contribution is 0.0312. The number of anilines is 1. The van der Waals surface area contributed by atoms with E-state index in [0.717, 1.165) is 16.7 Å². The molecule has 0 fully saturated rings. The second kappa shape index (κ2) is 9.18. The molecule has 0 saturated heterocycles. The Hall–Kier alpha value is -3.74. The average Bonchev–Trinajstić information content (AvgIpc) is 2.84. The first-order chi connectivity index (χ1) is 15.6. The molecule has 162 valence electrons. The molecule has 0 aliphatic rings. The third-order valence-electron chi connectivity index (χ3n) is 5.83. The highest BCUT2D eigenvalue weighted by molar-refractivity contribution is 5.52. The molecular formula is C26H25N3O3. The Kier molecular flexibility index (Phi) is 6.16. The van der Waals surface area contributed by atoms with Crippen molar-refractivity contribution in [3.8, 4) is 0 Å². The van der Waals surface area contributed by atoms with Crippen molar-refractivity contribution >= 4 is 5.82 Å². The lowest BCUT2D eigenvalue weighted by atomic mass is 9.63. The largest absolute Gasteiger partial charge is 0.394 e. The van der Waals surface area contributed by atoms with Gasteiger partial charge in [-0.25, -0.2) is 4.79 Å². The monoisotopic (exact) mass is 427 g/mol. The Morgan fingerprint density at radius 2 is 1.25 bits per heavy atom. The number of aliphatic hydroxyl groups excluding tert-OH is 2. The number of aromatic nitrogens is 2. The summed E-state index contributed by atoms with van der Waals surface area (Å²) in [4.78, 5) is 16.9. The topological polar surface area (TPSA) is 101 Å². The number of nitrogens with zero attached hydrogens (tertiary/aromatic N) is 2. The van der Waals surface area contributed by atoms with E-state index in [9.17, 15) is 15.0 Å². The molecule has 0 spiro atoms. The molecule has 2 atom stereocenters. The second-order valence-electron chi connectivity index (χ2n) is 7.64. The van der Waals surface area contributed by atoms with Gasteiger partial charge in [-0.1, -0.05) is 91.0 Å². The summed E-state index contributed by atoms with van der Waals surface area (Å²) in [6, 6.07) is 29.7. The van der Waals surface area contributed by atoms with Gasteiger partial charge in [0, 0.05) is 6.20 Å².